The number of anilines is 1. The van der Waals surface area contributed by atoms with E-state index in [0.717, 1.165) is 0 Å². The molecule has 2 aliphatic rings. The van der Waals surface area contributed by atoms with Crippen LogP contribution in [0.15, 0.2) is 34.7 Å². The Morgan fingerprint density at radius 1 is 1.32 bits per heavy atom. The number of ether oxygens (including phenoxy) is 2. The van der Waals surface area contributed by atoms with Crippen molar-refractivity contribution in [2.45, 2.75) is 38.5 Å². The lowest BCUT2D eigenvalue weighted by atomic mass is 10.1. The molecule has 0 spiro atoms. The van der Waals surface area contributed by atoms with Gasteiger partial charge in [0.1, 0.15) is 22.9 Å². The Kier molecular flexibility index (Phi) is 7.27. The second-order valence-electron chi connectivity index (χ2n) is 8.26. The number of likely N-dealkylation sites (tertiary alicyclic amines) is 1. The molecule has 0 aliphatic carbocycles. The fourth-order valence-electron chi connectivity index (χ4n) is 3.98. The molecule has 12 heteroatoms. The molecular weight excluding hydrogens is 467 g/mol. The molecule has 10 nitrogen and oxygen atoms in total. The minimum atomic E-state index is -0.562. The van der Waals surface area contributed by atoms with Gasteiger partial charge in [0.2, 0.25) is 0 Å². The molecule has 34 heavy (non-hydrogen) atoms. The minimum absolute atomic E-state index is 0.131. The molecule has 0 radical (unpaired) electrons. The van der Waals surface area contributed by atoms with Crippen molar-refractivity contribution in [1.82, 2.24) is 10.2 Å². The lowest BCUT2D eigenvalue weighted by Crippen LogP contribution is -2.37. The Balaban J connectivity index is 1.28. The predicted octanol–water partition coefficient (Wildman–Crippen LogP) is 3.63. The zero-order chi connectivity index (χ0) is 24.2. The number of benzene rings is 1. The van der Waals surface area contributed by atoms with E-state index in [1.54, 1.807) is 19.1 Å². The van der Waals surface area contributed by atoms with E-state index in [0.29, 0.717) is 62.0 Å². The van der Waals surface area contributed by atoms with E-state index < -0.39 is 16.8 Å². The third-order valence-corrected chi connectivity index (χ3v) is 5.86. The van der Waals surface area contributed by atoms with Crippen LogP contribution in [0.5, 0.6) is 5.75 Å². The first kappa shape index (κ1) is 23.9. The number of nitrogens with zero attached hydrogens (tertiary/aromatic N) is 3. The third-order valence-electron chi connectivity index (χ3n) is 5.71. The summed E-state index contributed by atoms with van der Waals surface area (Å²) in [5.74, 6) is -0.159. The van der Waals surface area contributed by atoms with E-state index in [4.69, 9.17) is 26.1 Å². The number of hydrogen-bond donors (Lipinski definition) is 1. The lowest BCUT2D eigenvalue weighted by molar-refractivity contribution is -0.402. The number of hydrogen-bond acceptors (Lipinski definition) is 8. The minimum Gasteiger partial charge on any atom is -0.487 e. The van der Waals surface area contributed by atoms with Crippen LogP contribution >= 0.6 is 12.2 Å². The van der Waals surface area contributed by atoms with Crippen LogP contribution in [0.4, 0.5) is 20.8 Å². The van der Waals surface area contributed by atoms with Crippen molar-refractivity contribution in [3.8, 4) is 5.75 Å². The molecule has 182 valence electrons. The zero-order valence-corrected chi connectivity index (χ0v) is 19.4. The highest BCUT2D eigenvalue weighted by atomic mass is 32.1. The Morgan fingerprint density at radius 2 is 2.09 bits per heavy atom. The predicted molar refractivity (Wildman–Crippen MR) is 125 cm³/mol. The summed E-state index contributed by atoms with van der Waals surface area (Å²) in [6.07, 6.45) is 0.290. The smallest absolute Gasteiger partial charge is 0.433 e. The highest BCUT2D eigenvalue weighted by Crippen LogP contribution is 2.29. The number of cyclic esters (lactones) is 1. The average Bonchev–Trinajstić information content (AvgIpc) is 3.41. The highest BCUT2D eigenvalue weighted by Gasteiger charge is 2.33. The number of nitro groups is 1. The molecule has 2 aromatic rings. The second-order valence-corrected chi connectivity index (χ2v) is 8.87. The van der Waals surface area contributed by atoms with Gasteiger partial charge in [-0.2, -0.15) is 0 Å². The van der Waals surface area contributed by atoms with Crippen molar-refractivity contribution < 1.29 is 28.0 Å². The number of thiocarbonyl (C=S) groups is 1. The maximum Gasteiger partial charge on any atom is 0.433 e. The average molecular weight is 493 g/mol. The molecule has 1 amide bonds. The van der Waals surface area contributed by atoms with Crippen LogP contribution in [0.2, 0.25) is 0 Å². The summed E-state index contributed by atoms with van der Waals surface area (Å²) < 4.78 is 31.1. The normalized spacial score (nSPS) is 19.2. The third kappa shape index (κ3) is 5.81. The van der Waals surface area contributed by atoms with E-state index >= 15 is 0 Å². The van der Waals surface area contributed by atoms with Crippen LogP contribution < -0.4 is 15.0 Å². The molecule has 0 unspecified atom stereocenters. The number of carbonyl (C=O) groups excluding carboxylic acids is 1. The quantitative estimate of drug-likeness (QED) is 0.335. The number of rotatable bonds is 8. The molecular formula is C22H25FN4O6S. The van der Waals surface area contributed by atoms with Gasteiger partial charge in [0.05, 0.1) is 36.4 Å². The summed E-state index contributed by atoms with van der Waals surface area (Å²) in [6, 6.07) is 7.38. The fraction of sp³-hybridized carbons (Fsp3) is 0.455. The van der Waals surface area contributed by atoms with Crippen LogP contribution in [0.25, 0.3) is 0 Å². The number of halogens is 1. The standard InChI is InChI=1S/C22H25FN4O6S/c1-14(34)24-11-18-13-26(22(28)33-18)15-2-4-20(19(23)10-15)31-16-6-8-25(9-7-16)12-17-3-5-21(32-17)27(29)30/h2-5,10,16,18H,6-9,11-13H2,1H3,(H,24,34)/t18-/m0/s1. The number of nitrogens with one attached hydrogen (secondary N) is 1. The number of piperidine rings is 1. The van der Waals surface area contributed by atoms with Crippen LogP contribution in [0.1, 0.15) is 25.5 Å². The first-order valence-corrected chi connectivity index (χ1v) is 11.3. The van der Waals surface area contributed by atoms with E-state index in [1.165, 1.54) is 23.1 Å². The molecule has 3 heterocycles. The number of carbonyl (C=O) groups is 1. The zero-order valence-electron chi connectivity index (χ0n) is 18.6. The first-order chi connectivity index (χ1) is 16.3. The SMILES string of the molecule is CC(=S)NC[C@H]1CN(c2ccc(OC3CCN(Cc4ccc([N+](=O)[O-])o4)CC3)c(F)c2)C(=O)O1. The summed E-state index contributed by atoms with van der Waals surface area (Å²) in [6.45, 7) is 4.29. The maximum atomic E-state index is 14.8. The van der Waals surface area contributed by atoms with Gasteiger partial charge in [-0.3, -0.25) is 19.9 Å². The van der Waals surface area contributed by atoms with Crippen LogP contribution in [-0.2, 0) is 11.3 Å². The van der Waals surface area contributed by atoms with Crippen molar-refractivity contribution in [1.29, 1.82) is 0 Å². The van der Waals surface area contributed by atoms with Gasteiger partial charge in [0, 0.05) is 19.2 Å². The van der Waals surface area contributed by atoms with Crippen LogP contribution in [-0.4, -0.2) is 59.3 Å². The molecule has 1 atom stereocenters. The molecule has 1 aromatic carbocycles. The summed E-state index contributed by atoms with van der Waals surface area (Å²) in [7, 11) is 0. The molecule has 0 bridgehead atoms. The summed E-state index contributed by atoms with van der Waals surface area (Å²) >= 11 is 4.97. The Hall–Kier alpha value is -3.25. The van der Waals surface area contributed by atoms with Crippen molar-refractivity contribution in [3.63, 3.8) is 0 Å². The molecule has 1 N–H and O–H groups in total. The molecule has 2 fully saturated rings. The van der Waals surface area contributed by atoms with Crippen molar-refractivity contribution in [2.24, 2.45) is 0 Å². The number of amides is 1. The summed E-state index contributed by atoms with van der Waals surface area (Å²) in [4.78, 5) is 26.5. The van der Waals surface area contributed by atoms with Gasteiger partial charge in [0.15, 0.2) is 11.6 Å². The van der Waals surface area contributed by atoms with Crippen LogP contribution in [0.3, 0.4) is 0 Å². The van der Waals surface area contributed by atoms with Gasteiger partial charge in [-0.25, -0.2) is 9.18 Å². The van der Waals surface area contributed by atoms with E-state index in [9.17, 15) is 19.3 Å². The van der Waals surface area contributed by atoms with Gasteiger partial charge in [0.25, 0.3) is 0 Å². The van der Waals surface area contributed by atoms with Gasteiger partial charge in [-0.1, -0.05) is 12.2 Å². The van der Waals surface area contributed by atoms with Crippen molar-refractivity contribution in [3.05, 3.63) is 52.0 Å². The highest BCUT2D eigenvalue weighted by molar-refractivity contribution is 7.80. The van der Waals surface area contributed by atoms with Crippen LogP contribution in [0, 0.1) is 15.9 Å². The molecule has 2 aliphatic heterocycles. The molecule has 4 rings (SSSR count). The van der Waals surface area contributed by atoms with Gasteiger partial charge in [-0.05, 0) is 38.0 Å². The summed E-state index contributed by atoms with van der Waals surface area (Å²) in [5, 5.41) is 13.7. The molecule has 1 aromatic heterocycles. The topological polar surface area (TPSA) is 110 Å². The van der Waals surface area contributed by atoms with Gasteiger partial charge >= 0.3 is 12.0 Å². The molecule has 0 saturated carbocycles. The first-order valence-electron chi connectivity index (χ1n) is 10.9. The monoisotopic (exact) mass is 492 g/mol. The van der Waals surface area contributed by atoms with Gasteiger partial charge in [-0.15, -0.1) is 0 Å². The second kappa shape index (κ2) is 10.3. The number of furan rings is 1. The largest absolute Gasteiger partial charge is 0.487 e. The van der Waals surface area contributed by atoms with E-state index in [2.05, 4.69) is 10.2 Å². The fourth-order valence-corrected chi connectivity index (χ4v) is 4.07. The Labute approximate surface area is 200 Å². The summed E-state index contributed by atoms with van der Waals surface area (Å²) in [5.41, 5.74) is 0.402. The Bertz CT molecular complexity index is 1070. The van der Waals surface area contributed by atoms with Crippen molar-refractivity contribution in [2.75, 3.05) is 31.1 Å². The maximum absolute atomic E-state index is 14.8. The molecule has 2 saturated heterocycles. The Morgan fingerprint density at radius 3 is 2.74 bits per heavy atom. The van der Waals surface area contributed by atoms with E-state index in [1.807, 2.05) is 0 Å². The lowest BCUT2D eigenvalue weighted by Gasteiger charge is -2.31. The van der Waals surface area contributed by atoms with Gasteiger partial charge < -0.3 is 19.2 Å². The van der Waals surface area contributed by atoms with E-state index in [-0.39, 0.29) is 23.8 Å². The van der Waals surface area contributed by atoms with Crippen molar-refractivity contribution >= 4 is 34.9 Å².